The second-order valence-corrected chi connectivity index (χ2v) is 2.63. The number of nitrogens with zero attached hydrogens (tertiary/aromatic N) is 4. The van der Waals surface area contributed by atoms with Gasteiger partial charge in [0.25, 0.3) is 5.95 Å². The molecule has 0 aliphatic heterocycles. The van der Waals surface area contributed by atoms with Crippen LogP contribution < -0.4 is 4.90 Å². The van der Waals surface area contributed by atoms with E-state index in [0.717, 1.165) is 4.90 Å². The van der Waals surface area contributed by atoms with Crippen LogP contribution in [0, 0.1) is 5.82 Å². The van der Waals surface area contributed by atoms with Crippen molar-refractivity contribution < 1.29 is 9.18 Å². The molecule has 0 saturated heterocycles. The van der Waals surface area contributed by atoms with Crippen molar-refractivity contribution in [2.45, 2.75) is 0 Å². The smallest absolute Gasteiger partial charge is 0.262 e. The molecule has 2 aromatic rings. The molecule has 1 N–H and O–H groups in total. The number of amides is 1. The highest BCUT2D eigenvalue weighted by atomic mass is 19.1. The van der Waals surface area contributed by atoms with Crippen LogP contribution in [0.4, 0.5) is 16.0 Å². The summed E-state index contributed by atoms with van der Waals surface area (Å²) in [5.74, 6) is -0.267. The Balaban J connectivity index is 2.35. The van der Waals surface area contributed by atoms with E-state index in [0.29, 0.717) is 5.69 Å². The number of carbonyl (C=O) groups excluding carboxylic acids is 1. The van der Waals surface area contributed by atoms with Gasteiger partial charge in [-0.05, 0) is 34.7 Å². The Morgan fingerprint density at radius 3 is 2.60 bits per heavy atom. The van der Waals surface area contributed by atoms with Crippen molar-refractivity contribution in [3.8, 4) is 0 Å². The molecular formula is C8H5FN5O. The predicted molar refractivity (Wildman–Crippen MR) is 48.4 cm³/mol. The summed E-state index contributed by atoms with van der Waals surface area (Å²) in [6.07, 6.45) is 1.63. The summed E-state index contributed by atoms with van der Waals surface area (Å²) < 4.78 is 12.6. The van der Waals surface area contributed by atoms with Crippen LogP contribution in [0.1, 0.15) is 0 Å². The number of H-pyrrole nitrogens is 1. The predicted octanol–water partition coefficient (Wildman–Crippen LogP) is 0.544. The van der Waals surface area contributed by atoms with Gasteiger partial charge in [-0.3, -0.25) is 4.79 Å². The van der Waals surface area contributed by atoms with E-state index in [4.69, 9.17) is 0 Å². The molecule has 1 aromatic heterocycles. The molecule has 1 radical (unpaired) electrons. The minimum Gasteiger partial charge on any atom is -0.262 e. The molecular weight excluding hydrogens is 201 g/mol. The van der Waals surface area contributed by atoms with Crippen molar-refractivity contribution in [3.05, 3.63) is 30.1 Å². The van der Waals surface area contributed by atoms with Gasteiger partial charge in [0.05, 0.1) is 5.69 Å². The number of rotatable bonds is 3. The molecule has 1 aromatic carbocycles. The molecule has 0 fully saturated rings. The highest BCUT2D eigenvalue weighted by Gasteiger charge is 2.12. The Kier molecular flexibility index (Phi) is 2.36. The van der Waals surface area contributed by atoms with Crippen molar-refractivity contribution in [1.82, 2.24) is 20.6 Å². The van der Waals surface area contributed by atoms with Crippen molar-refractivity contribution in [2.24, 2.45) is 0 Å². The van der Waals surface area contributed by atoms with Gasteiger partial charge in [0.15, 0.2) is 0 Å². The average Bonchev–Trinajstić information content (AvgIpc) is 2.75. The molecule has 1 amide bonds. The van der Waals surface area contributed by atoms with Gasteiger partial charge in [0.2, 0.25) is 0 Å². The third-order valence-electron chi connectivity index (χ3n) is 1.72. The molecule has 2 rings (SSSR count). The lowest BCUT2D eigenvalue weighted by molar-refractivity contribution is 0.555. The Hall–Kier alpha value is -2.31. The fourth-order valence-corrected chi connectivity index (χ4v) is 1.06. The minimum atomic E-state index is -0.389. The summed E-state index contributed by atoms with van der Waals surface area (Å²) in [5, 5.41) is 12.6. The number of aromatic amines is 1. The lowest BCUT2D eigenvalue weighted by Crippen LogP contribution is -2.15. The van der Waals surface area contributed by atoms with E-state index >= 15 is 0 Å². The van der Waals surface area contributed by atoms with E-state index in [1.54, 1.807) is 6.41 Å². The van der Waals surface area contributed by atoms with E-state index in [-0.39, 0.29) is 11.8 Å². The van der Waals surface area contributed by atoms with Crippen LogP contribution in [0.2, 0.25) is 0 Å². The zero-order valence-electron chi connectivity index (χ0n) is 7.38. The maximum absolute atomic E-state index is 12.6. The van der Waals surface area contributed by atoms with Crippen molar-refractivity contribution in [2.75, 3.05) is 4.90 Å². The fourth-order valence-electron chi connectivity index (χ4n) is 1.06. The maximum Gasteiger partial charge on any atom is 0.324 e. The number of hydrogen-bond donors (Lipinski definition) is 1. The number of halogens is 1. The van der Waals surface area contributed by atoms with Crippen LogP contribution in [0.3, 0.4) is 0 Å². The van der Waals surface area contributed by atoms with E-state index in [2.05, 4.69) is 20.6 Å². The molecule has 0 bridgehead atoms. The van der Waals surface area contributed by atoms with Gasteiger partial charge in [0.1, 0.15) is 5.82 Å². The quantitative estimate of drug-likeness (QED) is 0.744. The Morgan fingerprint density at radius 1 is 1.33 bits per heavy atom. The average molecular weight is 206 g/mol. The lowest BCUT2D eigenvalue weighted by atomic mass is 10.3. The van der Waals surface area contributed by atoms with Crippen molar-refractivity contribution >= 4 is 18.0 Å². The second-order valence-electron chi connectivity index (χ2n) is 2.63. The summed E-state index contributed by atoms with van der Waals surface area (Å²) in [4.78, 5) is 11.7. The number of tetrazole rings is 1. The monoisotopic (exact) mass is 206 g/mol. The van der Waals surface area contributed by atoms with Gasteiger partial charge < -0.3 is 0 Å². The van der Waals surface area contributed by atoms with Crippen LogP contribution in [0.15, 0.2) is 24.3 Å². The molecule has 75 valence electrons. The number of aromatic nitrogens is 4. The zero-order chi connectivity index (χ0) is 10.7. The van der Waals surface area contributed by atoms with Gasteiger partial charge in [-0.2, -0.15) is 0 Å². The molecule has 0 atom stereocenters. The number of nitrogens with one attached hydrogen (secondary N) is 1. The number of benzene rings is 1. The van der Waals surface area contributed by atoms with Crippen LogP contribution in [-0.2, 0) is 4.79 Å². The highest BCUT2D eigenvalue weighted by Crippen LogP contribution is 2.18. The first-order chi connectivity index (χ1) is 7.31. The largest absolute Gasteiger partial charge is 0.324 e. The summed E-state index contributed by atoms with van der Waals surface area (Å²) in [7, 11) is 0. The lowest BCUT2D eigenvalue weighted by Gasteiger charge is -2.10. The minimum absolute atomic E-state index is 0.122. The molecule has 1 heterocycles. The van der Waals surface area contributed by atoms with Crippen LogP contribution in [0.5, 0.6) is 0 Å². The Labute approximate surface area is 83.7 Å². The molecule has 0 unspecified atom stereocenters. The molecule has 7 heteroatoms. The first kappa shape index (κ1) is 9.25. The topological polar surface area (TPSA) is 74.8 Å². The second kappa shape index (κ2) is 3.82. The normalized spacial score (nSPS) is 9.93. The first-order valence-electron chi connectivity index (χ1n) is 3.98. The van der Waals surface area contributed by atoms with Gasteiger partial charge in [-0.15, -0.1) is 0 Å². The van der Waals surface area contributed by atoms with Gasteiger partial charge in [0, 0.05) is 0 Å². The van der Waals surface area contributed by atoms with Crippen LogP contribution in [-0.4, -0.2) is 27.0 Å². The van der Waals surface area contributed by atoms with E-state index in [1.807, 2.05) is 0 Å². The molecule has 0 spiro atoms. The summed E-state index contributed by atoms with van der Waals surface area (Å²) in [6, 6.07) is 5.29. The van der Waals surface area contributed by atoms with Gasteiger partial charge in [-0.25, -0.2) is 14.4 Å². The summed E-state index contributed by atoms with van der Waals surface area (Å²) in [5.41, 5.74) is 0.421. The first-order valence-corrected chi connectivity index (χ1v) is 3.98. The molecule has 0 aliphatic carbocycles. The maximum atomic E-state index is 12.6. The third kappa shape index (κ3) is 1.80. The zero-order valence-corrected chi connectivity index (χ0v) is 7.38. The highest BCUT2D eigenvalue weighted by molar-refractivity contribution is 5.83. The van der Waals surface area contributed by atoms with Gasteiger partial charge >= 0.3 is 6.41 Å². The SMILES string of the molecule is O=[C]N(c1ccc(F)cc1)c1nnn[nH]1. The Morgan fingerprint density at radius 2 is 2.07 bits per heavy atom. The number of anilines is 2. The van der Waals surface area contributed by atoms with Crippen molar-refractivity contribution in [1.29, 1.82) is 0 Å². The van der Waals surface area contributed by atoms with Gasteiger partial charge in [-0.1, -0.05) is 5.10 Å². The van der Waals surface area contributed by atoms with Crippen LogP contribution in [0.25, 0.3) is 0 Å². The number of hydrogen-bond acceptors (Lipinski definition) is 4. The molecule has 6 nitrogen and oxygen atoms in total. The van der Waals surface area contributed by atoms with E-state index in [9.17, 15) is 9.18 Å². The summed E-state index contributed by atoms with van der Waals surface area (Å²) in [6.45, 7) is 0. The van der Waals surface area contributed by atoms with E-state index < -0.39 is 0 Å². The Bertz CT molecular complexity index is 441. The standard InChI is InChI=1S/C8H5FN5O/c9-6-1-3-7(4-2-6)14(5-15)8-10-12-13-11-8/h1-4H,(H,10,11,12,13). The van der Waals surface area contributed by atoms with Crippen molar-refractivity contribution in [3.63, 3.8) is 0 Å². The van der Waals surface area contributed by atoms with Crippen LogP contribution >= 0.6 is 0 Å². The molecule has 0 saturated carbocycles. The fraction of sp³-hybridized carbons (Fsp3) is 0. The molecule has 0 aliphatic rings. The molecule has 15 heavy (non-hydrogen) atoms. The third-order valence-corrected chi connectivity index (χ3v) is 1.72. The van der Waals surface area contributed by atoms with E-state index in [1.165, 1.54) is 24.3 Å². The summed E-state index contributed by atoms with van der Waals surface area (Å²) >= 11 is 0.